The molecule has 0 heterocycles. The van der Waals surface area contributed by atoms with E-state index in [-0.39, 0.29) is 5.02 Å². The summed E-state index contributed by atoms with van der Waals surface area (Å²) in [6, 6.07) is 9.97. The molecule has 0 aliphatic carbocycles. The van der Waals surface area contributed by atoms with Gasteiger partial charge in [0, 0.05) is 10.5 Å². The van der Waals surface area contributed by atoms with Crippen molar-refractivity contribution in [2.45, 2.75) is 6.42 Å². The Hall–Kier alpha value is -1.10. The van der Waals surface area contributed by atoms with Gasteiger partial charge in [0.2, 0.25) is 0 Å². The van der Waals surface area contributed by atoms with Crippen molar-refractivity contribution in [3.05, 3.63) is 57.3 Å². The van der Waals surface area contributed by atoms with Crippen molar-refractivity contribution in [3.63, 3.8) is 0 Å². The Morgan fingerprint density at radius 2 is 2.00 bits per heavy atom. The molecule has 2 aromatic carbocycles. The lowest BCUT2D eigenvalue weighted by molar-refractivity contribution is 0.470. The van der Waals surface area contributed by atoms with E-state index < -0.39 is 5.82 Å². The maximum atomic E-state index is 13.4. The minimum absolute atomic E-state index is 0.0744. The lowest BCUT2D eigenvalue weighted by Crippen LogP contribution is -2.04. The molecule has 0 spiro atoms. The fourth-order valence-corrected chi connectivity index (χ4v) is 2.19. The lowest BCUT2D eigenvalue weighted by Gasteiger charge is -2.11. The Kier molecular flexibility index (Phi) is 4.80. The van der Waals surface area contributed by atoms with E-state index in [4.69, 9.17) is 22.1 Å². The van der Waals surface area contributed by atoms with Gasteiger partial charge in [-0.25, -0.2) is 4.39 Å². The fraction of sp³-hybridized carbons (Fsp3) is 0.143. The van der Waals surface area contributed by atoms with E-state index >= 15 is 0 Å². The van der Waals surface area contributed by atoms with Gasteiger partial charge in [-0.1, -0.05) is 27.5 Å². The first-order valence-electron chi connectivity index (χ1n) is 5.71. The third kappa shape index (κ3) is 3.69. The summed E-state index contributed by atoms with van der Waals surface area (Å²) in [4.78, 5) is 0. The second kappa shape index (κ2) is 6.37. The summed E-state index contributed by atoms with van der Waals surface area (Å²) in [5.74, 6) is 0.564. The standard InChI is InChI=1S/C14H12BrClFNO/c15-10-1-4-14(9(7-10)5-6-18)19-11-2-3-12(16)13(17)8-11/h1-4,7-8H,5-6,18H2. The predicted octanol–water partition coefficient (Wildman–Crippen LogP) is 4.54. The van der Waals surface area contributed by atoms with Gasteiger partial charge in [-0.2, -0.15) is 0 Å². The monoisotopic (exact) mass is 343 g/mol. The second-order valence-corrected chi connectivity index (χ2v) is 5.29. The normalized spacial score (nSPS) is 10.5. The molecule has 0 unspecified atom stereocenters. The van der Waals surface area contributed by atoms with Gasteiger partial charge < -0.3 is 10.5 Å². The molecular weight excluding hydrogens is 333 g/mol. The topological polar surface area (TPSA) is 35.2 Å². The molecule has 0 fully saturated rings. The number of hydrogen-bond donors (Lipinski definition) is 1. The van der Waals surface area contributed by atoms with Crippen LogP contribution in [0.15, 0.2) is 40.9 Å². The van der Waals surface area contributed by atoms with Crippen LogP contribution in [0.1, 0.15) is 5.56 Å². The van der Waals surface area contributed by atoms with Gasteiger partial charge in [0.15, 0.2) is 0 Å². The van der Waals surface area contributed by atoms with Crippen molar-refractivity contribution in [2.24, 2.45) is 5.73 Å². The highest BCUT2D eigenvalue weighted by atomic mass is 79.9. The van der Waals surface area contributed by atoms with E-state index in [0.29, 0.717) is 24.5 Å². The van der Waals surface area contributed by atoms with Crippen LogP contribution in [0.25, 0.3) is 0 Å². The molecule has 0 radical (unpaired) electrons. The SMILES string of the molecule is NCCc1cc(Br)ccc1Oc1ccc(Cl)c(F)c1. The first-order chi connectivity index (χ1) is 9.10. The predicted molar refractivity (Wildman–Crippen MR) is 78.4 cm³/mol. The van der Waals surface area contributed by atoms with Crippen LogP contribution in [-0.2, 0) is 6.42 Å². The Labute approximate surface area is 124 Å². The molecule has 2 N–H and O–H groups in total. The van der Waals surface area contributed by atoms with Gasteiger partial charge in [-0.3, -0.25) is 0 Å². The highest BCUT2D eigenvalue weighted by molar-refractivity contribution is 9.10. The van der Waals surface area contributed by atoms with Crippen molar-refractivity contribution >= 4 is 27.5 Å². The van der Waals surface area contributed by atoms with Crippen LogP contribution in [0.5, 0.6) is 11.5 Å². The molecule has 2 rings (SSSR count). The molecule has 0 aliphatic heterocycles. The quantitative estimate of drug-likeness (QED) is 0.884. The van der Waals surface area contributed by atoms with Crippen LogP contribution >= 0.6 is 27.5 Å². The van der Waals surface area contributed by atoms with E-state index in [2.05, 4.69) is 15.9 Å². The van der Waals surface area contributed by atoms with Gasteiger partial charge in [0.25, 0.3) is 0 Å². The van der Waals surface area contributed by atoms with Gasteiger partial charge in [-0.05, 0) is 48.9 Å². The molecule has 2 aromatic rings. The molecule has 100 valence electrons. The van der Waals surface area contributed by atoms with Crippen molar-refractivity contribution in [1.82, 2.24) is 0 Å². The third-order valence-electron chi connectivity index (χ3n) is 2.56. The highest BCUT2D eigenvalue weighted by Crippen LogP contribution is 2.30. The fourth-order valence-electron chi connectivity index (χ4n) is 1.67. The summed E-state index contributed by atoms with van der Waals surface area (Å²) >= 11 is 9.03. The number of benzene rings is 2. The number of halogens is 3. The first-order valence-corrected chi connectivity index (χ1v) is 6.88. The van der Waals surface area contributed by atoms with Gasteiger partial charge in [0.05, 0.1) is 5.02 Å². The minimum atomic E-state index is -0.503. The lowest BCUT2D eigenvalue weighted by atomic mass is 10.1. The number of hydrogen-bond acceptors (Lipinski definition) is 2. The van der Waals surface area contributed by atoms with Crippen LogP contribution in [0.2, 0.25) is 5.02 Å². The average Bonchev–Trinajstić information content (AvgIpc) is 2.37. The summed E-state index contributed by atoms with van der Waals surface area (Å²) in [7, 11) is 0. The molecular formula is C14H12BrClFNO. The summed E-state index contributed by atoms with van der Waals surface area (Å²) in [6.45, 7) is 0.516. The summed E-state index contributed by atoms with van der Waals surface area (Å²) in [5, 5.41) is 0.0744. The molecule has 0 atom stereocenters. The van der Waals surface area contributed by atoms with Crippen molar-refractivity contribution in [1.29, 1.82) is 0 Å². The molecule has 19 heavy (non-hydrogen) atoms. The number of nitrogens with two attached hydrogens (primary N) is 1. The van der Waals surface area contributed by atoms with Crippen LogP contribution in [0.4, 0.5) is 4.39 Å². The van der Waals surface area contributed by atoms with Gasteiger partial charge in [0.1, 0.15) is 17.3 Å². The third-order valence-corrected chi connectivity index (χ3v) is 3.35. The zero-order valence-corrected chi connectivity index (χ0v) is 12.3. The molecule has 0 aromatic heterocycles. The van der Waals surface area contributed by atoms with E-state index in [0.717, 1.165) is 10.0 Å². The Bertz CT molecular complexity index is 592. The zero-order valence-electron chi connectivity index (χ0n) is 10.00. The Balaban J connectivity index is 2.29. The van der Waals surface area contributed by atoms with Crippen LogP contribution < -0.4 is 10.5 Å². The van der Waals surface area contributed by atoms with Crippen molar-refractivity contribution < 1.29 is 9.13 Å². The summed E-state index contributed by atoms with van der Waals surface area (Å²) in [5.41, 5.74) is 6.53. The maximum absolute atomic E-state index is 13.4. The molecule has 0 saturated carbocycles. The number of ether oxygens (including phenoxy) is 1. The van der Waals surface area contributed by atoms with E-state index in [9.17, 15) is 4.39 Å². The second-order valence-electron chi connectivity index (χ2n) is 3.97. The van der Waals surface area contributed by atoms with Gasteiger partial charge in [-0.15, -0.1) is 0 Å². The van der Waals surface area contributed by atoms with Crippen LogP contribution in [0, 0.1) is 5.82 Å². The molecule has 0 amide bonds. The van der Waals surface area contributed by atoms with E-state index in [1.807, 2.05) is 18.2 Å². The first kappa shape index (κ1) is 14.3. The maximum Gasteiger partial charge on any atom is 0.145 e. The summed E-state index contributed by atoms with van der Waals surface area (Å²) < 4.78 is 20.0. The Morgan fingerprint density at radius 3 is 2.68 bits per heavy atom. The zero-order chi connectivity index (χ0) is 13.8. The van der Waals surface area contributed by atoms with Crippen molar-refractivity contribution in [2.75, 3.05) is 6.54 Å². The van der Waals surface area contributed by atoms with E-state index in [1.165, 1.54) is 12.1 Å². The molecule has 5 heteroatoms. The molecule has 0 aliphatic rings. The number of rotatable bonds is 4. The molecule has 0 saturated heterocycles. The van der Waals surface area contributed by atoms with E-state index in [1.54, 1.807) is 6.07 Å². The average molecular weight is 345 g/mol. The van der Waals surface area contributed by atoms with Crippen LogP contribution in [0.3, 0.4) is 0 Å². The summed E-state index contributed by atoms with van der Waals surface area (Å²) in [6.07, 6.45) is 0.685. The minimum Gasteiger partial charge on any atom is -0.457 e. The smallest absolute Gasteiger partial charge is 0.145 e. The van der Waals surface area contributed by atoms with Crippen molar-refractivity contribution in [3.8, 4) is 11.5 Å². The largest absolute Gasteiger partial charge is 0.457 e. The highest BCUT2D eigenvalue weighted by Gasteiger charge is 2.07. The molecule has 2 nitrogen and oxygen atoms in total. The van der Waals surface area contributed by atoms with Gasteiger partial charge >= 0.3 is 0 Å². The van der Waals surface area contributed by atoms with Crippen LogP contribution in [-0.4, -0.2) is 6.54 Å². The Morgan fingerprint density at radius 1 is 1.21 bits per heavy atom. The molecule has 0 bridgehead atoms.